The number of aliphatic carboxylic acids is 1. The molecule has 46 heavy (non-hydrogen) atoms. The van der Waals surface area contributed by atoms with Crippen LogP contribution in [0.2, 0.25) is 0 Å². The molecular weight excluding hydrogens is 602 g/mol. The highest BCUT2D eigenvalue weighted by Crippen LogP contribution is 2.15. The molecule has 0 saturated heterocycles. The van der Waals surface area contributed by atoms with Gasteiger partial charge in [0.25, 0.3) is 0 Å². The molecule has 0 saturated carbocycles. The van der Waals surface area contributed by atoms with Crippen LogP contribution >= 0.6 is 0 Å². The second kappa shape index (κ2) is 20.7. The number of rotatable bonds is 21. The molecule has 0 fully saturated rings. The summed E-state index contributed by atoms with van der Waals surface area (Å²) >= 11 is 0. The Bertz CT molecular complexity index is 1020. The average Bonchev–Trinajstić information content (AvgIpc) is 2.92. The van der Waals surface area contributed by atoms with Crippen molar-refractivity contribution in [3.05, 3.63) is 0 Å². The van der Waals surface area contributed by atoms with Crippen LogP contribution in [0, 0.1) is 23.7 Å². The maximum absolute atomic E-state index is 13.4. The summed E-state index contributed by atoms with van der Waals surface area (Å²) in [6, 6.07) is -4.86. The largest absolute Gasteiger partial charge is 0.481 e. The fourth-order valence-corrected chi connectivity index (χ4v) is 4.77. The molecule has 15 heteroatoms. The molecule has 0 unspecified atom stereocenters. The van der Waals surface area contributed by atoms with Crippen molar-refractivity contribution < 1.29 is 49.2 Å². The molecule has 0 bridgehead atoms. The van der Waals surface area contributed by atoms with Crippen molar-refractivity contribution in [1.29, 1.82) is 0 Å². The summed E-state index contributed by atoms with van der Waals surface area (Å²) in [6.45, 7) is 14.8. The van der Waals surface area contributed by atoms with E-state index in [0.29, 0.717) is 6.42 Å². The highest BCUT2D eigenvalue weighted by molar-refractivity contribution is 5.92. The van der Waals surface area contributed by atoms with Gasteiger partial charge in [-0.2, -0.15) is 0 Å². The zero-order chi connectivity index (χ0) is 35.9. The van der Waals surface area contributed by atoms with E-state index in [1.165, 1.54) is 13.8 Å². The number of aliphatic hydroxyl groups excluding tert-OH is 3. The van der Waals surface area contributed by atoms with Gasteiger partial charge < -0.3 is 47.0 Å². The lowest BCUT2D eigenvalue weighted by atomic mass is 9.95. The van der Waals surface area contributed by atoms with Crippen molar-refractivity contribution in [3.8, 4) is 0 Å². The lowest BCUT2D eigenvalue weighted by Gasteiger charge is -2.31. The van der Waals surface area contributed by atoms with Gasteiger partial charge in [-0.15, -0.1) is 0 Å². The summed E-state index contributed by atoms with van der Waals surface area (Å²) < 4.78 is 0. The SMILES string of the molecule is CC(=O)N[C@H](C(=O)N[C@H](C(=O)N[C@H](CC(C)C)[C@H](O)CC(=O)N[C@H](C)C(=O)N[C@H](C[C@H](C)CO)[C@@H](O)CC(=O)O)C(C)C)C(C)C. The topological polar surface area (TPSA) is 243 Å². The third-order valence-corrected chi connectivity index (χ3v) is 7.38. The molecule has 0 aliphatic heterocycles. The molecule has 0 spiro atoms. The Balaban J connectivity index is 5.57. The summed E-state index contributed by atoms with van der Waals surface area (Å²) in [5.41, 5.74) is 0. The second-order valence-corrected chi connectivity index (χ2v) is 13.3. The normalized spacial score (nSPS) is 16.8. The Morgan fingerprint density at radius 3 is 1.52 bits per heavy atom. The van der Waals surface area contributed by atoms with Gasteiger partial charge in [0.05, 0.1) is 37.1 Å². The van der Waals surface area contributed by atoms with Gasteiger partial charge in [0.15, 0.2) is 0 Å². The molecule has 0 aliphatic rings. The van der Waals surface area contributed by atoms with Crippen molar-refractivity contribution in [1.82, 2.24) is 26.6 Å². The summed E-state index contributed by atoms with van der Waals surface area (Å²) in [5, 5.41) is 52.7. The lowest BCUT2D eigenvalue weighted by molar-refractivity contribution is -0.140. The predicted molar refractivity (Wildman–Crippen MR) is 170 cm³/mol. The molecule has 0 aromatic heterocycles. The first-order valence-electron chi connectivity index (χ1n) is 15.9. The molecule has 0 radical (unpaired) electrons. The molecule has 0 rings (SSSR count). The van der Waals surface area contributed by atoms with Gasteiger partial charge in [0.2, 0.25) is 29.5 Å². The molecule has 0 aromatic carbocycles. The molecule has 8 atom stereocenters. The lowest BCUT2D eigenvalue weighted by Crippen LogP contribution is -2.59. The van der Waals surface area contributed by atoms with Crippen LogP contribution in [0.4, 0.5) is 0 Å². The number of hydrogen-bond acceptors (Lipinski definition) is 9. The van der Waals surface area contributed by atoms with E-state index in [0.717, 1.165) is 0 Å². The number of carbonyl (C=O) groups is 6. The van der Waals surface area contributed by atoms with Gasteiger partial charge in [-0.3, -0.25) is 28.8 Å². The van der Waals surface area contributed by atoms with E-state index in [1.54, 1.807) is 34.6 Å². The van der Waals surface area contributed by atoms with Crippen LogP contribution in [-0.4, -0.2) is 105 Å². The van der Waals surface area contributed by atoms with Crippen LogP contribution in [0.25, 0.3) is 0 Å². The van der Waals surface area contributed by atoms with Crippen LogP contribution in [0.5, 0.6) is 0 Å². The smallest absolute Gasteiger partial charge is 0.306 e. The maximum Gasteiger partial charge on any atom is 0.306 e. The number of nitrogens with one attached hydrogen (secondary N) is 5. The van der Waals surface area contributed by atoms with Gasteiger partial charge in [0.1, 0.15) is 18.1 Å². The molecule has 0 aliphatic carbocycles. The number of carboxylic acids is 1. The van der Waals surface area contributed by atoms with Gasteiger partial charge in [0, 0.05) is 13.5 Å². The zero-order valence-corrected chi connectivity index (χ0v) is 28.6. The fourth-order valence-electron chi connectivity index (χ4n) is 4.77. The Labute approximate surface area is 272 Å². The summed E-state index contributed by atoms with van der Waals surface area (Å²) in [7, 11) is 0. The summed E-state index contributed by atoms with van der Waals surface area (Å²) in [6.07, 6.45) is -3.51. The number of aliphatic hydroxyl groups is 3. The third-order valence-electron chi connectivity index (χ3n) is 7.38. The van der Waals surface area contributed by atoms with E-state index in [2.05, 4.69) is 26.6 Å². The van der Waals surface area contributed by atoms with E-state index in [-0.39, 0.29) is 36.7 Å². The quantitative estimate of drug-likeness (QED) is 0.0758. The number of carboxylic acid groups (broad SMARTS) is 1. The van der Waals surface area contributed by atoms with E-state index < -0.39 is 90.8 Å². The highest BCUT2D eigenvalue weighted by Gasteiger charge is 2.33. The van der Waals surface area contributed by atoms with E-state index in [1.807, 2.05) is 13.8 Å². The minimum atomic E-state index is -1.43. The Kier molecular flexibility index (Phi) is 19.3. The fraction of sp³-hybridized carbons (Fsp3) is 0.806. The van der Waals surface area contributed by atoms with E-state index in [9.17, 15) is 44.1 Å². The first kappa shape index (κ1) is 42.7. The van der Waals surface area contributed by atoms with Crippen molar-refractivity contribution in [2.24, 2.45) is 23.7 Å². The van der Waals surface area contributed by atoms with Crippen LogP contribution in [0.15, 0.2) is 0 Å². The Hall–Kier alpha value is -3.30. The Morgan fingerprint density at radius 1 is 0.609 bits per heavy atom. The first-order chi connectivity index (χ1) is 21.2. The molecule has 9 N–H and O–H groups in total. The molecule has 0 heterocycles. The second-order valence-electron chi connectivity index (χ2n) is 13.3. The predicted octanol–water partition coefficient (Wildman–Crippen LogP) is -0.587. The monoisotopic (exact) mass is 659 g/mol. The van der Waals surface area contributed by atoms with Gasteiger partial charge in [-0.25, -0.2) is 0 Å². The highest BCUT2D eigenvalue weighted by atomic mass is 16.4. The molecule has 266 valence electrons. The van der Waals surface area contributed by atoms with Crippen molar-refractivity contribution in [3.63, 3.8) is 0 Å². The summed E-state index contributed by atoms with van der Waals surface area (Å²) in [4.78, 5) is 74.6. The van der Waals surface area contributed by atoms with Crippen molar-refractivity contribution in [2.75, 3.05) is 6.61 Å². The van der Waals surface area contributed by atoms with Gasteiger partial charge in [-0.1, -0.05) is 48.5 Å². The minimum Gasteiger partial charge on any atom is -0.481 e. The molecule has 5 amide bonds. The number of carbonyl (C=O) groups excluding carboxylic acids is 5. The molecule has 0 aromatic rings. The Morgan fingerprint density at radius 2 is 1.07 bits per heavy atom. The van der Waals surface area contributed by atoms with E-state index in [4.69, 9.17) is 5.11 Å². The van der Waals surface area contributed by atoms with Crippen LogP contribution < -0.4 is 26.6 Å². The van der Waals surface area contributed by atoms with Crippen LogP contribution in [-0.2, 0) is 28.8 Å². The number of hydrogen-bond donors (Lipinski definition) is 9. The summed E-state index contributed by atoms with van der Waals surface area (Å²) in [5.74, 6) is -5.12. The molecular formula is C31H57N5O10. The standard InChI is InChI=1S/C31H57N5O10/c1-15(2)10-21(35-30(45)28(17(5)6)36-31(46)27(16(3)4)33-20(9)38)23(39)12-25(41)32-19(8)29(44)34-22(11-18(7)14-37)24(40)13-26(42)43/h15-19,21-24,27-28,37,39-40H,10-14H2,1-9H3,(H,32,41)(H,33,38)(H,34,44)(H,35,45)(H,36,46)(H,42,43)/t18-,19+,21+,22+,23+,24-,27-,28-/m0/s1. The van der Waals surface area contributed by atoms with Gasteiger partial charge in [-0.05, 0) is 43.4 Å². The van der Waals surface area contributed by atoms with Crippen molar-refractivity contribution >= 4 is 35.5 Å². The number of amides is 5. The van der Waals surface area contributed by atoms with E-state index >= 15 is 0 Å². The van der Waals surface area contributed by atoms with Crippen LogP contribution in [0.1, 0.15) is 88.0 Å². The maximum atomic E-state index is 13.4. The third kappa shape index (κ3) is 16.3. The van der Waals surface area contributed by atoms with Crippen molar-refractivity contribution in [2.45, 2.75) is 130 Å². The van der Waals surface area contributed by atoms with Gasteiger partial charge >= 0.3 is 5.97 Å². The minimum absolute atomic E-state index is 0.000340. The first-order valence-corrected chi connectivity index (χ1v) is 15.9. The average molecular weight is 660 g/mol. The molecule has 15 nitrogen and oxygen atoms in total. The van der Waals surface area contributed by atoms with Crippen LogP contribution in [0.3, 0.4) is 0 Å². The zero-order valence-electron chi connectivity index (χ0n) is 28.6.